The first-order chi connectivity index (χ1) is 8.76. The Balaban J connectivity index is 2.88. The molecule has 1 aromatic heterocycles. The van der Waals surface area contributed by atoms with E-state index in [1.165, 1.54) is 4.68 Å². The number of rotatable bonds is 6. The zero-order valence-corrected chi connectivity index (χ0v) is 13.5. The molecule has 0 radical (unpaired) electrons. The number of hydrogen-bond donors (Lipinski definition) is 2. The van der Waals surface area contributed by atoms with Crippen LogP contribution in [0.5, 0.6) is 0 Å². The molecule has 0 saturated carbocycles. The van der Waals surface area contributed by atoms with E-state index in [4.69, 9.17) is 0 Å². The molecule has 0 aliphatic heterocycles. The second-order valence-electron chi connectivity index (χ2n) is 5.93. The first kappa shape index (κ1) is 16.2. The lowest BCUT2D eigenvalue weighted by Crippen LogP contribution is -2.30. The minimum atomic E-state index is -0.244. The summed E-state index contributed by atoms with van der Waals surface area (Å²) in [5.41, 5.74) is 0.277. The summed E-state index contributed by atoms with van der Waals surface area (Å²) in [6.07, 6.45) is 1.64. The van der Waals surface area contributed by atoms with Gasteiger partial charge in [-0.25, -0.2) is 4.68 Å². The summed E-state index contributed by atoms with van der Waals surface area (Å²) in [5.74, 6) is 0.365. The maximum Gasteiger partial charge on any atom is 0.283 e. The van der Waals surface area contributed by atoms with Crippen LogP contribution in [0.15, 0.2) is 15.5 Å². The zero-order valence-electron chi connectivity index (χ0n) is 11.9. The molecular formula is C13H22BrN3O2. The largest absolute Gasteiger partial charge is 0.396 e. The summed E-state index contributed by atoms with van der Waals surface area (Å²) in [6, 6.07) is 0. The van der Waals surface area contributed by atoms with Gasteiger partial charge < -0.3 is 10.4 Å². The minimum absolute atomic E-state index is 0.0788. The van der Waals surface area contributed by atoms with Crippen LogP contribution < -0.4 is 10.9 Å². The molecule has 1 rings (SSSR count). The average molecular weight is 332 g/mol. The summed E-state index contributed by atoms with van der Waals surface area (Å²) >= 11 is 3.31. The maximum atomic E-state index is 12.1. The van der Waals surface area contributed by atoms with Gasteiger partial charge in [-0.1, -0.05) is 27.7 Å². The molecule has 0 aliphatic rings. The molecule has 1 heterocycles. The van der Waals surface area contributed by atoms with Gasteiger partial charge in [0.05, 0.1) is 11.9 Å². The Morgan fingerprint density at radius 2 is 2.16 bits per heavy atom. The van der Waals surface area contributed by atoms with Crippen LogP contribution in [0.25, 0.3) is 0 Å². The number of nitrogens with zero attached hydrogens (tertiary/aromatic N) is 2. The summed E-state index contributed by atoms with van der Waals surface area (Å²) < 4.78 is 1.94. The van der Waals surface area contributed by atoms with Gasteiger partial charge in [-0.3, -0.25) is 4.79 Å². The van der Waals surface area contributed by atoms with E-state index >= 15 is 0 Å². The van der Waals surface area contributed by atoms with Crippen molar-refractivity contribution in [3.05, 3.63) is 21.0 Å². The molecule has 6 heteroatoms. The number of aromatic nitrogens is 2. The Kier molecular flexibility index (Phi) is 5.55. The third-order valence-corrected chi connectivity index (χ3v) is 3.47. The molecule has 0 unspecified atom stereocenters. The van der Waals surface area contributed by atoms with Gasteiger partial charge >= 0.3 is 0 Å². The summed E-state index contributed by atoms with van der Waals surface area (Å²) in [7, 11) is 0. The fraction of sp³-hybridized carbons (Fsp3) is 0.692. The van der Waals surface area contributed by atoms with E-state index in [-0.39, 0.29) is 17.6 Å². The zero-order chi connectivity index (χ0) is 14.6. The van der Waals surface area contributed by atoms with Crippen LogP contribution >= 0.6 is 15.9 Å². The van der Waals surface area contributed by atoms with Crippen molar-refractivity contribution in [2.45, 2.75) is 34.2 Å². The Labute approximate surface area is 122 Å². The van der Waals surface area contributed by atoms with E-state index < -0.39 is 0 Å². The van der Waals surface area contributed by atoms with E-state index in [9.17, 15) is 9.90 Å². The molecule has 0 bridgehead atoms. The van der Waals surface area contributed by atoms with Crippen LogP contribution in [0.4, 0.5) is 5.69 Å². The molecule has 0 atom stereocenters. The standard InChI is InChI=1S/C13H22BrN3O2/c1-9(2)6-17-12(19)11(14)10(5-16-17)15-7-13(3,4)8-18/h5,9,15,18H,6-8H2,1-4H3. The predicted octanol–water partition coefficient (Wildman–Crippen LogP) is 2.09. The lowest BCUT2D eigenvalue weighted by atomic mass is 9.95. The highest BCUT2D eigenvalue weighted by Gasteiger charge is 2.17. The molecule has 2 N–H and O–H groups in total. The number of anilines is 1. The summed E-state index contributed by atoms with van der Waals surface area (Å²) in [4.78, 5) is 12.1. The van der Waals surface area contributed by atoms with Gasteiger partial charge in [0.1, 0.15) is 4.47 Å². The second-order valence-corrected chi connectivity index (χ2v) is 6.72. The average Bonchev–Trinajstić information content (AvgIpc) is 2.34. The van der Waals surface area contributed by atoms with Crippen molar-refractivity contribution in [1.29, 1.82) is 0 Å². The van der Waals surface area contributed by atoms with Crippen molar-refractivity contribution in [1.82, 2.24) is 9.78 Å². The lowest BCUT2D eigenvalue weighted by molar-refractivity contribution is 0.171. The quantitative estimate of drug-likeness (QED) is 0.837. The first-order valence-electron chi connectivity index (χ1n) is 6.37. The monoisotopic (exact) mass is 331 g/mol. The highest BCUT2D eigenvalue weighted by Crippen LogP contribution is 2.20. The first-order valence-corrected chi connectivity index (χ1v) is 7.16. The van der Waals surface area contributed by atoms with Crippen LogP contribution in [0.2, 0.25) is 0 Å². The van der Waals surface area contributed by atoms with Crippen LogP contribution in [0.3, 0.4) is 0 Å². The summed E-state index contributed by atoms with van der Waals surface area (Å²) in [6.45, 7) is 9.21. The number of aliphatic hydroxyl groups excluding tert-OH is 1. The lowest BCUT2D eigenvalue weighted by Gasteiger charge is -2.23. The molecule has 0 amide bonds. The number of hydrogen-bond acceptors (Lipinski definition) is 4. The van der Waals surface area contributed by atoms with Gasteiger partial charge in [0.25, 0.3) is 5.56 Å². The van der Waals surface area contributed by atoms with Crippen molar-refractivity contribution in [2.75, 3.05) is 18.5 Å². The van der Waals surface area contributed by atoms with Gasteiger partial charge in [0.15, 0.2) is 0 Å². The normalized spacial score (nSPS) is 11.9. The molecule has 0 spiro atoms. The molecule has 0 saturated heterocycles. The highest BCUT2D eigenvalue weighted by atomic mass is 79.9. The fourth-order valence-corrected chi connectivity index (χ4v) is 1.90. The van der Waals surface area contributed by atoms with E-state index in [0.29, 0.717) is 29.2 Å². The Hall–Kier alpha value is -0.880. The van der Waals surface area contributed by atoms with Gasteiger partial charge in [-0.2, -0.15) is 5.10 Å². The van der Waals surface area contributed by atoms with E-state index in [1.807, 2.05) is 27.7 Å². The number of nitrogens with one attached hydrogen (secondary N) is 1. The number of halogens is 1. The van der Waals surface area contributed by atoms with Gasteiger partial charge in [-0.15, -0.1) is 0 Å². The minimum Gasteiger partial charge on any atom is -0.396 e. The molecule has 0 fully saturated rings. The third-order valence-electron chi connectivity index (χ3n) is 2.71. The van der Waals surface area contributed by atoms with Crippen LogP contribution in [0, 0.1) is 11.3 Å². The molecule has 0 aliphatic carbocycles. The van der Waals surface area contributed by atoms with Crippen LogP contribution in [-0.4, -0.2) is 28.0 Å². The Bertz CT molecular complexity index is 483. The van der Waals surface area contributed by atoms with Crippen LogP contribution in [0.1, 0.15) is 27.7 Å². The van der Waals surface area contributed by atoms with Crippen molar-refractivity contribution in [3.63, 3.8) is 0 Å². The van der Waals surface area contributed by atoms with Gasteiger partial charge in [-0.05, 0) is 21.8 Å². The number of aliphatic hydroxyl groups is 1. The molecular weight excluding hydrogens is 310 g/mol. The predicted molar refractivity (Wildman–Crippen MR) is 80.4 cm³/mol. The van der Waals surface area contributed by atoms with Gasteiger partial charge in [0.2, 0.25) is 0 Å². The van der Waals surface area contributed by atoms with Crippen LogP contribution in [-0.2, 0) is 6.54 Å². The molecule has 1 aromatic rings. The molecule has 5 nitrogen and oxygen atoms in total. The van der Waals surface area contributed by atoms with E-state index in [2.05, 4.69) is 26.3 Å². The van der Waals surface area contributed by atoms with E-state index in [1.54, 1.807) is 6.20 Å². The smallest absolute Gasteiger partial charge is 0.283 e. The van der Waals surface area contributed by atoms with Crippen molar-refractivity contribution >= 4 is 21.6 Å². The molecule has 108 valence electrons. The van der Waals surface area contributed by atoms with Gasteiger partial charge in [0, 0.05) is 25.1 Å². The fourth-order valence-electron chi connectivity index (χ4n) is 1.45. The Morgan fingerprint density at radius 1 is 1.53 bits per heavy atom. The maximum absolute atomic E-state index is 12.1. The molecule has 0 aromatic carbocycles. The second kappa shape index (κ2) is 6.52. The molecule has 19 heavy (non-hydrogen) atoms. The SMILES string of the molecule is CC(C)Cn1ncc(NCC(C)(C)CO)c(Br)c1=O. The highest BCUT2D eigenvalue weighted by molar-refractivity contribution is 9.10. The van der Waals surface area contributed by atoms with Crippen molar-refractivity contribution in [3.8, 4) is 0 Å². The van der Waals surface area contributed by atoms with Crippen molar-refractivity contribution < 1.29 is 5.11 Å². The third kappa shape index (κ3) is 4.62. The van der Waals surface area contributed by atoms with Crippen molar-refractivity contribution in [2.24, 2.45) is 11.3 Å². The topological polar surface area (TPSA) is 67.2 Å². The van der Waals surface area contributed by atoms with E-state index in [0.717, 1.165) is 0 Å². The summed E-state index contributed by atoms with van der Waals surface area (Å²) in [5, 5.41) is 16.5. The Morgan fingerprint density at radius 3 is 2.68 bits per heavy atom.